The normalized spacial score (nSPS) is 10.8. The highest BCUT2D eigenvalue weighted by Crippen LogP contribution is 2.18. The van der Waals surface area contributed by atoms with Crippen molar-refractivity contribution in [3.63, 3.8) is 0 Å². The van der Waals surface area contributed by atoms with Crippen LogP contribution in [0.2, 0.25) is 0 Å². The number of halogens is 1. The molecular formula is C18H27IN4O2S. The fourth-order valence-electron chi connectivity index (χ4n) is 2.15. The van der Waals surface area contributed by atoms with Gasteiger partial charge < -0.3 is 20.1 Å². The fraction of sp³-hybridized carbons (Fsp3) is 0.444. The molecule has 0 aliphatic carbocycles. The summed E-state index contributed by atoms with van der Waals surface area (Å²) in [4.78, 5) is 10.0. The van der Waals surface area contributed by atoms with Crippen molar-refractivity contribution in [1.29, 1.82) is 0 Å². The standard InChI is InChI=1S/C18H26N4O2S.HI/c1-13-14(2)25-17(22-13)12-21-18(19-3)20-9-6-10-24-16-8-5-7-15(11-16)23-4;/h5,7-8,11H,6,9-10,12H2,1-4H3,(H2,19,20,21);1H. The molecule has 6 nitrogen and oxygen atoms in total. The first-order chi connectivity index (χ1) is 12.1. The molecule has 2 N–H and O–H groups in total. The maximum Gasteiger partial charge on any atom is 0.191 e. The Balaban J connectivity index is 0.00000338. The van der Waals surface area contributed by atoms with Crippen molar-refractivity contribution >= 4 is 41.3 Å². The first-order valence-electron chi connectivity index (χ1n) is 8.26. The highest BCUT2D eigenvalue weighted by Gasteiger charge is 2.04. The second kappa shape index (κ2) is 11.9. The van der Waals surface area contributed by atoms with Gasteiger partial charge in [0.25, 0.3) is 0 Å². The number of aromatic nitrogens is 1. The molecule has 0 aliphatic rings. The molecule has 8 heteroatoms. The molecule has 0 saturated carbocycles. The molecule has 0 saturated heterocycles. The molecule has 144 valence electrons. The fourth-order valence-corrected chi connectivity index (χ4v) is 3.03. The maximum atomic E-state index is 5.72. The van der Waals surface area contributed by atoms with Crippen molar-refractivity contribution in [3.05, 3.63) is 39.8 Å². The molecule has 0 radical (unpaired) electrons. The lowest BCUT2D eigenvalue weighted by atomic mass is 10.3. The molecule has 0 amide bonds. The van der Waals surface area contributed by atoms with Gasteiger partial charge in [-0.3, -0.25) is 4.99 Å². The summed E-state index contributed by atoms with van der Waals surface area (Å²) in [5.74, 6) is 2.39. The molecule has 0 spiro atoms. The van der Waals surface area contributed by atoms with Gasteiger partial charge in [0.05, 0.1) is 26.0 Å². The minimum atomic E-state index is 0. The van der Waals surface area contributed by atoms with Crippen LogP contribution in [0.25, 0.3) is 0 Å². The minimum absolute atomic E-state index is 0. The minimum Gasteiger partial charge on any atom is -0.497 e. The maximum absolute atomic E-state index is 5.72. The summed E-state index contributed by atoms with van der Waals surface area (Å²) in [5, 5.41) is 7.63. The Bertz CT molecular complexity index is 687. The van der Waals surface area contributed by atoms with Crippen molar-refractivity contribution in [2.45, 2.75) is 26.8 Å². The van der Waals surface area contributed by atoms with Crippen molar-refractivity contribution in [1.82, 2.24) is 15.6 Å². The van der Waals surface area contributed by atoms with E-state index in [1.54, 1.807) is 25.5 Å². The number of ether oxygens (including phenoxy) is 2. The third-order valence-electron chi connectivity index (χ3n) is 3.63. The highest BCUT2D eigenvalue weighted by atomic mass is 127. The van der Waals surface area contributed by atoms with Gasteiger partial charge in [-0.05, 0) is 32.4 Å². The summed E-state index contributed by atoms with van der Waals surface area (Å²) < 4.78 is 10.9. The van der Waals surface area contributed by atoms with Crippen LogP contribution in [-0.4, -0.2) is 38.3 Å². The van der Waals surface area contributed by atoms with Gasteiger partial charge in [0.15, 0.2) is 5.96 Å². The Kier molecular flexibility index (Phi) is 10.3. The molecule has 2 rings (SSSR count). The van der Waals surface area contributed by atoms with Crippen LogP contribution >= 0.6 is 35.3 Å². The lowest BCUT2D eigenvalue weighted by molar-refractivity contribution is 0.308. The molecule has 0 atom stereocenters. The van der Waals surface area contributed by atoms with Gasteiger partial charge in [-0.15, -0.1) is 35.3 Å². The number of aryl methyl sites for hydroxylation is 2. The summed E-state index contributed by atoms with van der Waals surface area (Å²) >= 11 is 1.71. The Morgan fingerprint density at radius 2 is 2.00 bits per heavy atom. The molecular weight excluding hydrogens is 463 g/mol. The summed E-state index contributed by atoms with van der Waals surface area (Å²) in [7, 11) is 3.41. The number of nitrogens with one attached hydrogen (secondary N) is 2. The summed E-state index contributed by atoms with van der Waals surface area (Å²) in [5.41, 5.74) is 1.10. The lowest BCUT2D eigenvalue weighted by Crippen LogP contribution is -2.37. The van der Waals surface area contributed by atoms with Crippen LogP contribution in [0, 0.1) is 13.8 Å². The number of methoxy groups -OCH3 is 1. The molecule has 1 heterocycles. The third-order valence-corrected chi connectivity index (χ3v) is 4.70. The van der Waals surface area contributed by atoms with Gasteiger partial charge in [0.1, 0.15) is 16.5 Å². The molecule has 26 heavy (non-hydrogen) atoms. The molecule has 0 bridgehead atoms. The smallest absolute Gasteiger partial charge is 0.191 e. The number of thiazole rings is 1. The van der Waals surface area contributed by atoms with E-state index in [0.717, 1.165) is 41.1 Å². The lowest BCUT2D eigenvalue weighted by Gasteiger charge is -2.11. The van der Waals surface area contributed by atoms with Gasteiger partial charge >= 0.3 is 0 Å². The topological polar surface area (TPSA) is 67.8 Å². The Labute approximate surface area is 176 Å². The van der Waals surface area contributed by atoms with Crippen molar-refractivity contribution in [2.24, 2.45) is 4.99 Å². The molecule has 1 aromatic heterocycles. The largest absolute Gasteiger partial charge is 0.497 e. The van der Waals surface area contributed by atoms with E-state index in [1.165, 1.54) is 4.88 Å². The number of rotatable bonds is 8. The van der Waals surface area contributed by atoms with E-state index in [9.17, 15) is 0 Å². The van der Waals surface area contributed by atoms with E-state index in [0.29, 0.717) is 13.2 Å². The molecule has 0 fully saturated rings. The van der Waals surface area contributed by atoms with Crippen LogP contribution in [0.3, 0.4) is 0 Å². The number of benzene rings is 1. The second-order valence-corrected chi connectivity index (χ2v) is 6.77. The summed E-state index contributed by atoms with van der Waals surface area (Å²) in [6.07, 6.45) is 0.868. The number of guanidine groups is 1. The first-order valence-corrected chi connectivity index (χ1v) is 9.08. The average molecular weight is 490 g/mol. The molecule has 2 aromatic rings. The Morgan fingerprint density at radius 3 is 2.65 bits per heavy atom. The SMILES string of the molecule is CN=C(NCCCOc1cccc(OC)c1)NCc1nc(C)c(C)s1.I. The quantitative estimate of drug-likeness (QED) is 0.257. The number of hydrogen-bond acceptors (Lipinski definition) is 5. The van der Waals surface area contributed by atoms with Crippen LogP contribution in [0.15, 0.2) is 29.3 Å². The predicted molar refractivity (Wildman–Crippen MR) is 118 cm³/mol. The van der Waals surface area contributed by atoms with Gasteiger partial charge in [-0.1, -0.05) is 6.07 Å². The molecule has 0 unspecified atom stereocenters. The zero-order valence-electron chi connectivity index (χ0n) is 15.7. The zero-order valence-corrected chi connectivity index (χ0v) is 18.8. The Hall–Kier alpha value is -1.55. The van der Waals surface area contributed by atoms with Crippen molar-refractivity contribution in [3.8, 4) is 11.5 Å². The first kappa shape index (κ1) is 22.5. The van der Waals surface area contributed by atoms with E-state index in [-0.39, 0.29) is 24.0 Å². The number of hydrogen-bond donors (Lipinski definition) is 2. The Morgan fingerprint density at radius 1 is 1.23 bits per heavy atom. The molecule has 0 aliphatic heterocycles. The molecule has 1 aromatic carbocycles. The second-order valence-electron chi connectivity index (χ2n) is 5.48. The van der Waals surface area contributed by atoms with E-state index >= 15 is 0 Å². The van der Waals surface area contributed by atoms with Gasteiger partial charge in [-0.2, -0.15) is 0 Å². The third kappa shape index (κ3) is 7.36. The average Bonchev–Trinajstić information content (AvgIpc) is 2.95. The zero-order chi connectivity index (χ0) is 18.1. The van der Waals surface area contributed by atoms with Gasteiger partial charge in [0, 0.05) is 24.5 Å². The summed E-state index contributed by atoms with van der Waals surface area (Å²) in [6.45, 7) is 6.21. The number of nitrogens with zero attached hydrogens (tertiary/aromatic N) is 2. The van der Waals surface area contributed by atoms with E-state index in [1.807, 2.05) is 31.2 Å². The van der Waals surface area contributed by atoms with Gasteiger partial charge in [-0.25, -0.2) is 4.98 Å². The van der Waals surface area contributed by atoms with E-state index in [4.69, 9.17) is 9.47 Å². The van der Waals surface area contributed by atoms with Gasteiger partial charge in [0.2, 0.25) is 0 Å². The van der Waals surface area contributed by atoms with Crippen LogP contribution < -0.4 is 20.1 Å². The van der Waals surface area contributed by atoms with Crippen LogP contribution in [0.5, 0.6) is 11.5 Å². The highest BCUT2D eigenvalue weighted by molar-refractivity contribution is 14.0. The van der Waals surface area contributed by atoms with E-state index in [2.05, 4.69) is 27.5 Å². The summed E-state index contributed by atoms with van der Waals surface area (Å²) in [6, 6.07) is 7.62. The monoisotopic (exact) mass is 490 g/mol. The van der Waals surface area contributed by atoms with Crippen LogP contribution in [0.4, 0.5) is 0 Å². The van der Waals surface area contributed by atoms with Crippen molar-refractivity contribution < 1.29 is 9.47 Å². The number of aliphatic imine (C=N–C) groups is 1. The van der Waals surface area contributed by atoms with Crippen molar-refractivity contribution in [2.75, 3.05) is 27.3 Å². The van der Waals surface area contributed by atoms with E-state index < -0.39 is 0 Å². The predicted octanol–water partition coefficient (Wildman–Crippen LogP) is 3.52. The van der Waals surface area contributed by atoms with Crippen LogP contribution in [0.1, 0.15) is 22.0 Å². The van der Waals surface area contributed by atoms with Crippen LogP contribution in [-0.2, 0) is 6.54 Å².